The number of ketones is 1. The summed E-state index contributed by atoms with van der Waals surface area (Å²) < 4.78 is 9.78. The molecule has 0 atom stereocenters. The van der Waals surface area contributed by atoms with E-state index in [1.807, 2.05) is 0 Å². The standard InChI is InChI=1S/C10H10Br2O3/c1-14-7-4-3-6(5-8(7)15-2)9(13)10(11)12/h3-5,10H,1-2H3. The zero-order chi connectivity index (χ0) is 11.4. The van der Waals surface area contributed by atoms with Gasteiger partial charge in [0.25, 0.3) is 0 Å². The minimum Gasteiger partial charge on any atom is -0.493 e. The lowest BCUT2D eigenvalue weighted by Gasteiger charge is -2.09. The second kappa shape index (κ2) is 5.51. The molecule has 15 heavy (non-hydrogen) atoms. The zero-order valence-corrected chi connectivity index (χ0v) is 11.5. The van der Waals surface area contributed by atoms with Crippen LogP contribution in [0.4, 0.5) is 0 Å². The van der Waals surface area contributed by atoms with Gasteiger partial charge in [-0.3, -0.25) is 4.79 Å². The predicted octanol–water partition coefficient (Wildman–Crippen LogP) is 3.00. The maximum Gasteiger partial charge on any atom is 0.187 e. The first-order chi connectivity index (χ1) is 7.10. The van der Waals surface area contributed by atoms with Crippen LogP contribution in [0.5, 0.6) is 11.5 Å². The fourth-order valence-corrected chi connectivity index (χ4v) is 1.64. The van der Waals surface area contributed by atoms with Crippen LogP contribution in [0, 0.1) is 0 Å². The summed E-state index contributed by atoms with van der Waals surface area (Å²) in [5.41, 5.74) is 0.561. The number of hydrogen-bond donors (Lipinski definition) is 0. The second-order valence-electron chi connectivity index (χ2n) is 2.73. The van der Waals surface area contributed by atoms with Gasteiger partial charge in [0.1, 0.15) is 3.74 Å². The molecule has 0 spiro atoms. The van der Waals surface area contributed by atoms with Gasteiger partial charge in [-0.1, -0.05) is 31.9 Å². The van der Waals surface area contributed by atoms with Gasteiger partial charge in [0.2, 0.25) is 0 Å². The Morgan fingerprint density at radius 1 is 1.20 bits per heavy atom. The van der Waals surface area contributed by atoms with Crippen LogP contribution >= 0.6 is 31.9 Å². The molecule has 3 nitrogen and oxygen atoms in total. The summed E-state index contributed by atoms with van der Waals surface area (Å²) in [5.74, 6) is 1.09. The predicted molar refractivity (Wildman–Crippen MR) is 65.5 cm³/mol. The lowest BCUT2D eigenvalue weighted by atomic mass is 10.1. The number of ether oxygens (including phenoxy) is 2. The molecule has 0 bridgehead atoms. The number of rotatable bonds is 4. The number of hydrogen-bond acceptors (Lipinski definition) is 3. The van der Waals surface area contributed by atoms with E-state index in [1.165, 1.54) is 7.11 Å². The molecule has 0 aromatic heterocycles. The van der Waals surface area contributed by atoms with E-state index in [4.69, 9.17) is 9.47 Å². The summed E-state index contributed by atoms with van der Waals surface area (Å²) in [6.07, 6.45) is 0. The van der Waals surface area contributed by atoms with Crippen molar-refractivity contribution in [3.8, 4) is 11.5 Å². The summed E-state index contributed by atoms with van der Waals surface area (Å²) in [6.45, 7) is 0. The molecule has 1 rings (SSSR count). The Kier molecular flexibility index (Phi) is 4.60. The van der Waals surface area contributed by atoms with Crippen LogP contribution in [-0.4, -0.2) is 23.7 Å². The van der Waals surface area contributed by atoms with Gasteiger partial charge in [0.05, 0.1) is 14.2 Å². The third-order valence-corrected chi connectivity index (χ3v) is 2.70. The van der Waals surface area contributed by atoms with E-state index in [-0.39, 0.29) is 9.52 Å². The van der Waals surface area contributed by atoms with E-state index in [9.17, 15) is 4.79 Å². The van der Waals surface area contributed by atoms with Crippen LogP contribution in [0.3, 0.4) is 0 Å². The Morgan fingerprint density at radius 3 is 2.27 bits per heavy atom. The molecule has 82 valence electrons. The van der Waals surface area contributed by atoms with Gasteiger partial charge in [0, 0.05) is 5.56 Å². The van der Waals surface area contributed by atoms with Crippen molar-refractivity contribution in [1.82, 2.24) is 0 Å². The highest BCUT2D eigenvalue weighted by atomic mass is 79.9. The smallest absolute Gasteiger partial charge is 0.187 e. The van der Waals surface area contributed by atoms with Crippen LogP contribution in [-0.2, 0) is 0 Å². The molecule has 0 radical (unpaired) electrons. The van der Waals surface area contributed by atoms with Crippen LogP contribution in [0.2, 0.25) is 0 Å². The van der Waals surface area contributed by atoms with Crippen molar-refractivity contribution in [3.63, 3.8) is 0 Å². The molecule has 0 aliphatic rings. The monoisotopic (exact) mass is 336 g/mol. The van der Waals surface area contributed by atoms with E-state index in [0.29, 0.717) is 17.1 Å². The minimum atomic E-state index is -0.386. The number of Topliss-reactive ketones (excluding diaryl/α,β-unsaturated/α-hetero) is 1. The first-order valence-electron chi connectivity index (χ1n) is 4.14. The van der Waals surface area contributed by atoms with Crippen LogP contribution < -0.4 is 9.47 Å². The molecule has 0 aliphatic carbocycles. The first-order valence-corrected chi connectivity index (χ1v) is 5.97. The molecule has 0 fully saturated rings. The van der Waals surface area contributed by atoms with E-state index in [2.05, 4.69) is 31.9 Å². The lowest BCUT2D eigenvalue weighted by Crippen LogP contribution is -2.07. The van der Waals surface area contributed by atoms with Crippen LogP contribution in [0.25, 0.3) is 0 Å². The van der Waals surface area contributed by atoms with Gasteiger partial charge < -0.3 is 9.47 Å². The van der Waals surface area contributed by atoms with Crippen molar-refractivity contribution < 1.29 is 14.3 Å². The fourth-order valence-electron chi connectivity index (χ4n) is 1.12. The molecule has 1 aromatic rings. The van der Waals surface area contributed by atoms with Gasteiger partial charge in [-0.15, -0.1) is 0 Å². The van der Waals surface area contributed by atoms with Crippen LogP contribution in [0.1, 0.15) is 10.4 Å². The number of methoxy groups -OCH3 is 2. The highest BCUT2D eigenvalue weighted by molar-refractivity contribution is 9.25. The number of alkyl halides is 2. The Hall–Kier alpha value is -0.550. The summed E-state index contributed by atoms with van der Waals surface area (Å²) in [5, 5.41) is 0. The van der Waals surface area contributed by atoms with Crippen molar-refractivity contribution >= 4 is 37.6 Å². The maximum atomic E-state index is 11.6. The SMILES string of the molecule is COc1ccc(C(=O)C(Br)Br)cc1OC. The van der Waals surface area contributed by atoms with E-state index in [0.717, 1.165) is 0 Å². The van der Waals surface area contributed by atoms with Gasteiger partial charge >= 0.3 is 0 Å². The molecule has 0 N–H and O–H groups in total. The highest BCUT2D eigenvalue weighted by Crippen LogP contribution is 2.29. The van der Waals surface area contributed by atoms with Gasteiger partial charge in [0.15, 0.2) is 17.3 Å². The average Bonchev–Trinajstić information content (AvgIpc) is 2.26. The van der Waals surface area contributed by atoms with Crippen molar-refractivity contribution in [2.24, 2.45) is 0 Å². The molecule has 0 unspecified atom stereocenters. The molecule has 0 saturated heterocycles. The summed E-state index contributed by atoms with van der Waals surface area (Å²) in [7, 11) is 3.09. The molecule has 0 amide bonds. The summed E-state index contributed by atoms with van der Waals surface area (Å²) >= 11 is 6.31. The number of benzene rings is 1. The lowest BCUT2D eigenvalue weighted by molar-refractivity contribution is 0.101. The van der Waals surface area contributed by atoms with Gasteiger partial charge in [-0.2, -0.15) is 0 Å². The highest BCUT2D eigenvalue weighted by Gasteiger charge is 2.15. The third-order valence-electron chi connectivity index (χ3n) is 1.87. The normalized spacial score (nSPS) is 10.2. The largest absolute Gasteiger partial charge is 0.493 e. The number of carbonyl (C=O) groups excluding carboxylic acids is 1. The quantitative estimate of drug-likeness (QED) is 0.626. The van der Waals surface area contributed by atoms with Gasteiger partial charge in [-0.05, 0) is 18.2 Å². The topological polar surface area (TPSA) is 35.5 Å². The van der Waals surface area contributed by atoms with Crippen molar-refractivity contribution in [2.45, 2.75) is 3.74 Å². The van der Waals surface area contributed by atoms with E-state index < -0.39 is 0 Å². The third kappa shape index (κ3) is 2.95. The molecule has 0 heterocycles. The summed E-state index contributed by atoms with van der Waals surface area (Å²) in [4.78, 5) is 11.6. The molecule has 1 aromatic carbocycles. The molecular weight excluding hydrogens is 328 g/mol. The second-order valence-corrected chi connectivity index (χ2v) is 5.79. The Balaban J connectivity index is 3.08. The zero-order valence-electron chi connectivity index (χ0n) is 8.29. The number of carbonyl (C=O) groups is 1. The Labute approximate surface area is 105 Å². The molecule has 5 heteroatoms. The Bertz CT molecular complexity index is 364. The van der Waals surface area contributed by atoms with Crippen molar-refractivity contribution in [3.05, 3.63) is 23.8 Å². The summed E-state index contributed by atoms with van der Waals surface area (Å²) in [6, 6.07) is 5.05. The maximum absolute atomic E-state index is 11.6. The fraction of sp³-hybridized carbons (Fsp3) is 0.300. The molecule has 0 saturated carbocycles. The minimum absolute atomic E-state index is 0.0593. The van der Waals surface area contributed by atoms with Crippen molar-refractivity contribution in [2.75, 3.05) is 14.2 Å². The van der Waals surface area contributed by atoms with E-state index >= 15 is 0 Å². The van der Waals surface area contributed by atoms with Crippen molar-refractivity contribution in [1.29, 1.82) is 0 Å². The molecule has 0 aliphatic heterocycles. The molecular formula is C10H10Br2O3. The van der Waals surface area contributed by atoms with E-state index in [1.54, 1.807) is 25.3 Å². The Morgan fingerprint density at radius 2 is 1.80 bits per heavy atom. The average molecular weight is 338 g/mol. The first kappa shape index (κ1) is 12.5. The van der Waals surface area contributed by atoms with Crippen LogP contribution in [0.15, 0.2) is 18.2 Å². The van der Waals surface area contributed by atoms with Gasteiger partial charge in [-0.25, -0.2) is 0 Å². The number of halogens is 2.